The molecule has 0 saturated heterocycles. The van der Waals surface area contributed by atoms with Gasteiger partial charge in [0.15, 0.2) is 5.12 Å². The summed E-state index contributed by atoms with van der Waals surface area (Å²) in [7, 11) is 0. The second kappa shape index (κ2) is 6.92. The number of hydrogen-bond acceptors (Lipinski definition) is 4. The number of thioether (sulfide) groups is 1. The Labute approximate surface area is 132 Å². The van der Waals surface area contributed by atoms with Crippen LogP contribution in [0, 0.1) is 11.3 Å². The highest BCUT2D eigenvalue weighted by molar-refractivity contribution is 8.14. The van der Waals surface area contributed by atoms with E-state index in [-0.39, 0.29) is 5.12 Å². The summed E-state index contributed by atoms with van der Waals surface area (Å²) in [6, 6.07) is 16.2. The predicted molar refractivity (Wildman–Crippen MR) is 85.2 cm³/mol. The lowest BCUT2D eigenvalue weighted by molar-refractivity contribution is -0.136. The van der Waals surface area contributed by atoms with Gasteiger partial charge in [0.2, 0.25) is 0 Å². The molecular weight excluding hydrogens is 298 g/mol. The van der Waals surface area contributed by atoms with E-state index in [4.69, 9.17) is 5.26 Å². The zero-order valence-corrected chi connectivity index (χ0v) is 12.6. The van der Waals surface area contributed by atoms with Crippen LogP contribution in [0.3, 0.4) is 0 Å². The van der Waals surface area contributed by atoms with Crippen LogP contribution >= 0.6 is 11.8 Å². The van der Waals surface area contributed by atoms with E-state index in [9.17, 15) is 14.7 Å². The molecule has 22 heavy (non-hydrogen) atoms. The second-order valence-corrected chi connectivity index (χ2v) is 5.89. The van der Waals surface area contributed by atoms with E-state index in [1.807, 2.05) is 12.1 Å². The van der Waals surface area contributed by atoms with E-state index in [0.29, 0.717) is 11.1 Å². The highest BCUT2D eigenvalue weighted by Gasteiger charge is 2.22. The van der Waals surface area contributed by atoms with Crippen molar-refractivity contribution >= 4 is 22.8 Å². The van der Waals surface area contributed by atoms with E-state index >= 15 is 0 Å². The summed E-state index contributed by atoms with van der Waals surface area (Å²) in [5.74, 6) is -1.05. The minimum Gasteiger partial charge on any atom is -0.480 e. The summed E-state index contributed by atoms with van der Waals surface area (Å²) in [6.07, 6.45) is 0. The normalized spacial score (nSPS) is 11.5. The van der Waals surface area contributed by atoms with Crippen LogP contribution in [0.25, 0.3) is 11.1 Å². The molecule has 0 saturated carbocycles. The number of nitrogens with zero attached hydrogens (tertiary/aromatic N) is 1. The Hall–Kier alpha value is -2.58. The molecule has 5 heteroatoms. The van der Waals surface area contributed by atoms with Crippen molar-refractivity contribution < 1.29 is 14.7 Å². The van der Waals surface area contributed by atoms with Crippen LogP contribution in [0.15, 0.2) is 48.5 Å². The molecule has 0 spiro atoms. The average molecular weight is 311 g/mol. The monoisotopic (exact) mass is 311 g/mol. The molecule has 2 aromatic rings. The SMILES string of the molecule is CC(=O)SC(C(=O)O)c1ccc(-c2ccccc2C#N)cc1. The Morgan fingerprint density at radius 2 is 1.77 bits per heavy atom. The quantitative estimate of drug-likeness (QED) is 0.932. The van der Waals surface area contributed by atoms with E-state index in [1.165, 1.54) is 6.92 Å². The maximum Gasteiger partial charge on any atom is 0.321 e. The molecule has 1 unspecified atom stereocenters. The number of aliphatic carboxylic acids is 1. The van der Waals surface area contributed by atoms with Gasteiger partial charge in [-0.05, 0) is 22.8 Å². The first kappa shape index (κ1) is 15.8. The Balaban J connectivity index is 2.36. The van der Waals surface area contributed by atoms with Gasteiger partial charge in [-0.3, -0.25) is 9.59 Å². The minimum absolute atomic E-state index is 0.244. The molecule has 2 aromatic carbocycles. The topological polar surface area (TPSA) is 78.2 Å². The minimum atomic E-state index is -1.05. The standard InChI is InChI=1S/C17H13NO3S/c1-11(19)22-16(17(20)21)13-8-6-12(7-9-13)15-5-3-2-4-14(15)10-18/h2-9,16H,1H3,(H,20,21). The number of carbonyl (C=O) groups is 2. The lowest BCUT2D eigenvalue weighted by Crippen LogP contribution is -2.09. The van der Waals surface area contributed by atoms with Crippen LogP contribution < -0.4 is 0 Å². The van der Waals surface area contributed by atoms with Crippen molar-refractivity contribution in [2.45, 2.75) is 12.2 Å². The Bertz CT molecular complexity index is 747. The summed E-state index contributed by atoms with van der Waals surface area (Å²) < 4.78 is 0. The first-order valence-corrected chi connectivity index (χ1v) is 7.40. The Kier molecular flexibility index (Phi) is 4.97. The van der Waals surface area contributed by atoms with E-state index < -0.39 is 11.2 Å². The van der Waals surface area contributed by atoms with Gasteiger partial charge < -0.3 is 5.11 Å². The summed E-state index contributed by atoms with van der Waals surface area (Å²) in [5, 5.41) is 17.2. The lowest BCUT2D eigenvalue weighted by atomic mass is 9.99. The summed E-state index contributed by atoms with van der Waals surface area (Å²) in [6.45, 7) is 1.35. The molecule has 0 radical (unpaired) electrons. The van der Waals surface area contributed by atoms with Crippen LogP contribution in [0.5, 0.6) is 0 Å². The molecule has 0 aromatic heterocycles. The third kappa shape index (κ3) is 3.54. The number of carboxylic acid groups (broad SMARTS) is 1. The largest absolute Gasteiger partial charge is 0.480 e. The van der Waals surface area contributed by atoms with Crippen molar-refractivity contribution in [3.8, 4) is 17.2 Å². The molecule has 0 aliphatic rings. The summed E-state index contributed by atoms with van der Waals surface area (Å²) in [4.78, 5) is 22.4. The van der Waals surface area contributed by atoms with Gasteiger partial charge in [-0.2, -0.15) is 5.26 Å². The number of nitriles is 1. The second-order valence-electron chi connectivity index (χ2n) is 4.61. The molecule has 0 aliphatic carbocycles. The average Bonchev–Trinajstić information content (AvgIpc) is 2.52. The molecule has 0 amide bonds. The fourth-order valence-corrected chi connectivity index (χ4v) is 2.82. The summed E-state index contributed by atoms with van der Waals surface area (Å²) in [5.41, 5.74) is 2.73. The van der Waals surface area contributed by atoms with Crippen LogP contribution in [0.1, 0.15) is 23.3 Å². The smallest absolute Gasteiger partial charge is 0.321 e. The Morgan fingerprint density at radius 1 is 1.14 bits per heavy atom. The number of carbonyl (C=O) groups excluding carboxylic acids is 1. The molecular formula is C17H13NO3S. The number of rotatable bonds is 4. The fourth-order valence-electron chi connectivity index (χ4n) is 2.10. The third-order valence-electron chi connectivity index (χ3n) is 3.08. The number of benzene rings is 2. The predicted octanol–water partition coefficient (Wildman–Crippen LogP) is 3.63. The van der Waals surface area contributed by atoms with Crippen LogP contribution in [0.4, 0.5) is 0 Å². The first-order chi connectivity index (χ1) is 10.5. The van der Waals surface area contributed by atoms with Crippen molar-refractivity contribution in [1.29, 1.82) is 5.26 Å². The van der Waals surface area contributed by atoms with Gasteiger partial charge in [-0.25, -0.2) is 0 Å². The van der Waals surface area contributed by atoms with Gasteiger partial charge in [0, 0.05) is 6.92 Å². The van der Waals surface area contributed by atoms with Gasteiger partial charge in [0.05, 0.1) is 11.6 Å². The van der Waals surface area contributed by atoms with E-state index in [0.717, 1.165) is 22.9 Å². The van der Waals surface area contributed by atoms with Crippen molar-refractivity contribution in [1.82, 2.24) is 0 Å². The Morgan fingerprint density at radius 3 is 2.32 bits per heavy atom. The van der Waals surface area contributed by atoms with Gasteiger partial charge in [-0.1, -0.05) is 54.2 Å². The first-order valence-electron chi connectivity index (χ1n) is 6.52. The van der Waals surface area contributed by atoms with Gasteiger partial charge in [0.25, 0.3) is 0 Å². The van der Waals surface area contributed by atoms with Gasteiger partial charge in [-0.15, -0.1) is 0 Å². The molecule has 4 nitrogen and oxygen atoms in total. The molecule has 0 heterocycles. The van der Waals surface area contributed by atoms with Crippen LogP contribution in [-0.2, 0) is 9.59 Å². The third-order valence-corrected chi connectivity index (χ3v) is 4.12. The molecule has 0 aliphatic heterocycles. The maximum atomic E-state index is 11.3. The molecule has 1 atom stereocenters. The van der Waals surface area contributed by atoms with Crippen molar-refractivity contribution in [3.63, 3.8) is 0 Å². The van der Waals surface area contributed by atoms with Crippen molar-refractivity contribution in [2.75, 3.05) is 0 Å². The van der Waals surface area contributed by atoms with Crippen molar-refractivity contribution in [3.05, 3.63) is 59.7 Å². The molecule has 1 N–H and O–H groups in total. The molecule has 2 rings (SSSR count). The molecule has 110 valence electrons. The van der Waals surface area contributed by atoms with E-state index in [1.54, 1.807) is 36.4 Å². The van der Waals surface area contributed by atoms with E-state index in [2.05, 4.69) is 6.07 Å². The van der Waals surface area contributed by atoms with Crippen LogP contribution in [-0.4, -0.2) is 16.2 Å². The fraction of sp³-hybridized carbons (Fsp3) is 0.118. The molecule has 0 bridgehead atoms. The van der Waals surface area contributed by atoms with Gasteiger partial charge >= 0.3 is 5.97 Å². The summed E-state index contributed by atoms with van der Waals surface area (Å²) >= 11 is 0.779. The highest BCUT2D eigenvalue weighted by atomic mass is 32.2. The van der Waals surface area contributed by atoms with Crippen molar-refractivity contribution in [2.24, 2.45) is 0 Å². The number of hydrogen-bond donors (Lipinski definition) is 1. The zero-order chi connectivity index (χ0) is 16.1. The van der Waals surface area contributed by atoms with Crippen LogP contribution in [0.2, 0.25) is 0 Å². The lowest BCUT2D eigenvalue weighted by Gasteiger charge is -2.11. The maximum absolute atomic E-state index is 11.3. The molecule has 0 fully saturated rings. The highest BCUT2D eigenvalue weighted by Crippen LogP contribution is 2.31. The number of carboxylic acids is 1. The zero-order valence-electron chi connectivity index (χ0n) is 11.8. The van der Waals surface area contributed by atoms with Gasteiger partial charge in [0.1, 0.15) is 5.25 Å².